The molecule has 0 saturated heterocycles. The summed E-state index contributed by atoms with van der Waals surface area (Å²) in [5.41, 5.74) is 1.62. The Labute approximate surface area is 128 Å². The number of hydrogen-bond donors (Lipinski definition) is 1. The normalized spacial score (nSPS) is 13.2. The first-order valence-corrected chi connectivity index (χ1v) is 5.66. The number of carbonyl (C=O) groups is 1. The Hall–Kier alpha value is -1.70. The highest BCUT2D eigenvalue weighted by Crippen LogP contribution is 2.38. The van der Waals surface area contributed by atoms with Gasteiger partial charge in [-0.15, -0.1) is 19.0 Å². The number of nitrogens with two attached hydrogens (primary N) is 1. The number of halogens is 7. The highest BCUT2D eigenvalue weighted by molar-refractivity contribution is 5.85. The van der Waals surface area contributed by atoms with E-state index in [4.69, 9.17) is 5.73 Å². The number of hydrogen-bond acceptors (Lipinski definition) is 1. The lowest BCUT2D eigenvalue weighted by atomic mass is 9.91. The summed E-state index contributed by atoms with van der Waals surface area (Å²) in [7, 11) is 0. The molecule has 1 aromatic rings. The number of amides is 1. The summed E-state index contributed by atoms with van der Waals surface area (Å²) < 4.78 is 76.1. The molecule has 9 heteroatoms. The number of carbonyl (C=O) groups excluding carboxylic acids is 1. The molecular formula is C13H12ClF6NO. The second kappa shape index (κ2) is 7.04. The molecule has 2 nitrogen and oxygen atoms in total. The molecule has 124 valence electrons. The number of primary amides is 1. The molecule has 0 aliphatic carbocycles. The van der Waals surface area contributed by atoms with Crippen molar-refractivity contribution in [1.29, 1.82) is 0 Å². The van der Waals surface area contributed by atoms with Crippen LogP contribution in [0.2, 0.25) is 0 Å². The van der Waals surface area contributed by atoms with E-state index in [2.05, 4.69) is 6.58 Å². The highest BCUT2D eigenvalue weighted by atomic mass is 35.5. The molecule has 1 rings (SSSR count). The lowest BCUT2D eigenvalue weighted by Crippen LogP contribution is -2.22. The number of allylic oxidation sites excluding steroid dienone is 1. The molecule has 1 amide bonds. The van der Waals surface area contributed by atoms with Gasteiger partial charge in [0.05, 0.1) is 17.0 Å². The third-order valence-corrected chi connectivity index (χ3v) is 2.76. The molecule has 0 aliphatic heterocycles. The molecule has 0 saturated carbocycles. The van der Waals surface area contributed by atoms with Crippen LogP contribution in [0.4, 0.5) is 26.3 Å². The van der Waals surface area contributed by atoms with Crippen molar-refractivity contribution in [3.63, 3.8) is 0 Å². The van der Waals surface area contributed by atoms with E-state index < -0.39 is 40.9 Å². The van der Waals surface area contributed by atoms with Crippen LogP contribution in [0, 0.1) is 0 Å². The second-order valence-corrected chi connectivity index (χ2v) is 4.32. The fraction of sp³-hybridized carbons (Fsp3) is 0.308. The van der Waals surface area contributed by atoms with E-state index in [1.807, 2.05) is 0 Å². The van der Waals surface area contributed by atoms with Crippen LogP contribution < -0.4 is 5.73 Å². The summed E-state index contributed by atoms with van der Waals surface area (Å²) in [5, 5.41) is 0. The fourth-order valence-electron chi connectivity index (χ4n) is 1.76. The maximum Gasteiger partial charge on any atom is 0.416 e. The zero-order valence-corrected chi connectivity index (χ0v) is 11.8. The van der Waals surface area contributed by atoms with E-state index in [9.17, 15) is 31.1 Å². The molecule has 22 heavy (non-hydrogen) atoms. The lowest BCUT2D eigenvalue weighted by Gasteiger charge is -2.17. The molecule has 0 aromatic heterocycles. The SMILES string of the molecule is C=CCC(C(N)=O)c1cc(C(F)(F)F)cc(C(F)(F)F)c1.Cl. The molecule has 0 spiro atoms. The van der Waals surface area contributed by atoms with E-state index >= 15 is 0 Å². The van der Waals surface area contributed by atoms with Crippen molar-refractivity contribution in [2.75, 3.05) is 0 Å². The summed E-state index contributed by atoms with van der Waals surface area (Å²) in [6, 6.07) is 0.984. The van der Waals surface area contributed by atoms with Crippen LogP contribution in [-0.2, 0) is 17.1 Å². The minimum absolute atomic E-state index is 0. The topological polar surface area (TPSA) is 43.1 Å². The average Bonchev–Trinajstić information content (AvgIpc) is 2.32. The molecule has 0 bridgehead atoms. The molecule has 0 heterocycles. The van der Waals surface area contributed by atoms with Gasteiger partial charge in [-0.2, -0.15) is 26.3 Å². The summed E-state index contributed by atoms with van der Waals surface area (Å²) >= 11 is 0. The molecular weight excluding hydrogens is 336 g/mol. The second-order valence-electron chi connectivity index (χ2n) is 4.32. The van der Waals surface area contributed by atoms with Crippen molar-refractivity contribution in [3.8, 4) is 0 Å². The standard InChI is InChI=1S/C13H11F6NO.ClH/c1-2-3-10(11(20)21)7-4-8(12(14,15)16)6-9(5-7)13(17,18)19;/h2,4-6,10H,1,3H2,(H2,20,21);1H. The molecule has 0 fully saturated rings. The Morgan fingerprint density at radius 2 is 1.50 bits per heavy atom. The van der Waals surface area contributed by atoms with Crippen molar-refractivity contribution >= 4 is 18.3 Å². The summed E-state index contributed by atoms with van der Waals surface area (Å²) in [6.07, 6.45) is -8.89. The maximum atomic E-state index is 12.7. The van der Waals surface area contributed by atoms with Crippen molar-refractivity contribution in [2.45, 2.75) is 24.7 Å². The zero-order chi connectivity index (χ0) is 16.4. The van der Waals surface area contributed by atoms with Crippen LogP contribution in [0.15, 0.2) is 30.9 Å². The van der Waals surface area contributed by atoms with Gasteiger partial charge in [0.15, 0.2) is 0 Å². The summed E-state index contributed by atoms with van der Waals surface area (Å²) in [5.74, 6) is -2.33. The van der Waals surface area contributed by atoms with Crippen LogP contribution in [-0.4, -0.2) is 5.91 Å². The average molecular weight is 348 g/mol. The molecule has 0 aliphatic rings. The molecule has 1 aromatic carbocycles. The molecule has 0 radical (unpaired) electrons. The Morgan fingerprint density at radius 1 is 1.09 bits per heavy atom. The van der Waals surface area contributed by atoms with E-state index in [0.29, 0.717) is 12.1 Å². The predicted molar refractivity (Wildman–Crippen MR) is 70.4 cm³/mol. The maximum absolute atomic E-state index is 12.7. The summed E-state index contributed by atoms with van der Waals surface area (Å²) in [4.78, 5) is 11.2. The van der Waals surface area contributed by atoms with Gasteiger partial charge in [0, 0.05) is 0 Å². The first-order chi connectivity index (χ1) is 9.46. The molecule has 2 N–H and O–H groups in total. The van der Waals surface area contributed by atoms with Gasteiger partial charge in [0.2, 0.25) is 5.91 Å². The molecule has 1 unspecified atom stereocenters. The van der Waals surface area contributed by atoms with Crippen molar-refractivity contribution < 1.29 is 31.1 Å². The van der Waals surface area contributed by atoms with Crippen LogP contribution in [0.25, 0.3) is 0 Å². The van der Waals surface area contributed by atoms with Gasteiger partial charge >= 0.3 is 12.4 Å². The third kappa shape index (κ3) is 4.94. The van der Waals surface area contributed by atoms with Gasteiger partial charge in [0.25, 0.3) is 0 Å². The highest BCUT2D eigenvalue weighted by Gasteiger charge is 2.37. The van der Waals surface area contributed by atoms with Crippen LogP contribution in [0.5, 0.6) is 0 Å². The molecule has 1 atom stereocenters. The number of alkyl halides is 6. The minimum atomic E-state index is -4.97. The number of rotatable bonds is 4. The van der Waals surface area contributed by atoms with Gasteiger partial charge < -0.3 is 5.73 Å². The van der Waals surface area contributed by atoms with Crippen LogP contribution in [0.3, 0.4) is 0 Å². The zero-order valence-electron chi connectivity index (χ0n) is 11.0. The Bertz CT molecular complexity index is 520. The Morgan fingerprint density at radius 3 is 1.77 bits per heavy atom. The van der Waals surface area contributed by atoms with E-state index in [0.717, 1.165) is 0 Å². The van der Waals surface area contributed by atoms with Gasteiger partial charge in [0.1, 0.15) is 0 Å². The first-order valence-electron chi connectivity index (χ1n) is 5.66. The minimum Gasteiger partial charge on any atom is -0.369 e. The fourth-order valence-corrected chi connectivity index (χ4v) is 1.76. The largest absolute Gasteiger partial charge is 0.416 e. The van der Waals surface area contributed by atoms with Crippen molar-refractivity contribution in [1.82, 2.24) is 0 Å². The van der Waals surface area contributed by atoms with Crippen molar-refractivity contribution in [3.05, 3.63) is 47.5 Å². The predicted octanol–water partition coefficient (Wildman–Crippen LogP) is 4.29. The van der Waals surface area contributed by atoms with Gasteiger partial charge in [-0.05, 0) is 30.2 Å². The smallest absolute Gasteiger partial charge is 0.369 e. The van der Waals surface area contributed by atoms with E-state index in [-0.39, 0.29) is 24.9 Å². The Balaban J connectivity index is 0.00000441. The van der Waals surface area contributed by atoms with Gasteiger partial charge in [-0.3, -0.25) is 4.79 Å². The Kier molecular flexibility index (Phi) is 6.50. The lowest BCUT2D eigenvalue weighted by molar-refractivity contribution is -0.143. The van der Waals surface area contributed by atoms with E-state index in [1.165, 1.54) is 6.08 Å². The summed E-state index contributed by atoms with van der Waals surface area (Å²) in [6.45, 7) is 3.30. The van der Waals surface area contributed by atoms with Crippen LogP contribution >= 0.6 is 12.4 Å². The first kappa shape index (κ1) is 20.3. The third-order valence-electron chi connectivity index (χ3n) is 2.76. The van der Waals surface area contributed by atoms with Gasteiger partial charge in [-0.25, -0.2) is 0 Å². The quantitative estimate of drug-likeness (QED) is 0.641. The van der Waals surface area contributed by atoms with Crippen LogP contribution in [0.1, 0.15) is 29.0 Å². The van der Waals surface area contributed by atoms with Gasteiger partial charge in [-0.1, -0.05) is 6.08 Å². The van der Waals surface area contributed by atoms with Crippen molar-refractivity contribution in [2.24, 2.45) is 5.73 Å². The van der Waals surface area contributed by atoms with E-state index in [1.54, 1.807) is 0 Å². The number of benzene rings is 1. The monoisotopic (exact) mass is 347 g/mol.